The van der Waals surface area contributed by atoms with E-state index in [1.165, 1.54) is 16.0 Å². The highest BCUT2D eigenvalue weighted by atomic mass is 79.9. The highest BCUT2D eigenvalue weighted by Crippen LogP contribution is 2.45. The number of hydrogen-bond donors (Lipinski definition) is 0. The summed E-state index contributed by atoms with van der Waals surface area (Å²) in [5.74, 6) is 2.12. The third kappa shape index (κ3) is 4.17. The monoisotopic (exact) mass is 480 g/mol. The number of nitrogens with zero attached hydrogens (tertiary/aromatic N) is 2. The fraction of sp³-hybridized carbons (Fsp3) is 0.360. The Kier molecular flexibility index (Phi) is 5.74. The van der Waals surface area contributed by atoms with Gasteiger partial charge in [0.15, 0.2) is 0 Å². The lowest BCUT2D eigenvalue weighted by molar-refractivity contribution is 0.218. The van der Waals surface area contributed by atoms with Crippen molar-refractivity contribution >= 4 is 38.5 Å². The Balaban J connectivity index is 1.59. The molecule has 4 rings (SSSR count). The molecule has 154 valence electrons. The summed E-state index contributed by atoms with van der Waals surface area (Å²) in [6.07, 6.45) is 4.88. The van der Waals surface area contributed by atoms with Crippen LogP contribution in [-0.4, -0.2) is 6.21 Å². The number of aryl methyl sites for hydroxylation is 1. The summed E-state index contributed by atoms with van der Waals surface area (Å²) in [6, 6.07) is 12.5. The number of furan rings is 1. The maximum atomic E-state index is 9.75. The fourth-order valence-corrected chi connectivity index (χ4v) is 5.94. The maximum absolute atomic E-state index is 9.75. The van der Waals surface area contributed by atoms with E-state index >= 15 is 0 Å². The van der Waals surface area contributed by atoms with Gasteiger partial charge in [0.1, 0.15) is 22.6 Å². The van der Waals surface area contributed by atoms with Crippen LogP contribution in [0.4, 0.5) is 5.00 Å². The smallest absolute Gasteiger partial charge is 0.145 e. The van der Waals surface area contributed by atoms with Crippen molar-refractivity contribution in [2.24, 2.45) is 16.3 Å². The third-order valence-electron chi connectivity index (χ3n) is 5.91. The molecule has 0 radical (unpaired) electrons. The normalized spacial score (nSPS) is 16.6. The number of hydrogen-bond acceptors (Lipinski definition) is 4. The van der Waals surface area contributed by atoms with Gasteiger partial charge in [0.25, 0.3) is 0 Å². The topological polar surface area (TPSA) is 49.3 Å². The largest absolute Gasteiger partial charge is 0.455 e. The molecule has 1 aliphatic carbocycles. The van der Waals surface area contributed by atoms with Crippen LogP contribution in [0, 0.1) is 29.6 Å². The lowest BCUT2D eigenvalue weighted by Crippen LogP contribution is -2.26. The molecular formula is C25H25BrN2OS. The SMILES string of the molecule is Cc1ccc(-c2ccc(C=Nc3sc4c(c3C#N)CC[C@@H](C(C)(C)C)C4)o2)c(Br)c1. The van der Waals surface area contributed by atoms with E-state index < -0.39 is 0 Å². The summed E-state index contributed by atoms with van der Waals surface area (Å²) in [5.41, 5.74) is 4.44. The molecule has 30 heavy (non-hydrogen) atoms. The number of halogens is 1. The van der Waals surface area contributed by atoms with Gasteiger partial charge in [-0.25, -0.2) is 4.99 Å². The van der Waals surface area contributed by atoms with Crippen molar-refractivity contribution in [3.8, 4) is 17.4 Å². The minimum atomic E-state index is 0.284. The number of thiophene rings is 1. The van der Waals surface area contributed by atoms with E-state index in [1.807, 2.05) is 18.2 Å². The van der Waals surface area contributed by atoms with Crippen molar-refractivity contribution in [1.29, 1.82) is 5.26 Å². The Morgan fingerprint density at radius 1 is 1.27 bits per heavy atom. The van der Waals surface area contributed by atoms with E-state index in [1.54, 1.807) is 17.6 Å². The van der Waals surface area contributed by atoms with Crippen LogP contribution in [0.5, 0.6) is 0 Å². The second kappa shape index (κ2) is 8.17. The molecule has 0 fully saturated rings. The van der Waals surface area contributed by atoms with Crippen molar-refractivity contribution < 1.29 is 4.42 Å². The maximum Gasteiger partial charge on any atom is 0.145 e. The minimum absolute atomic E-state index is 0.284. The first-order valence-electron chi connectivity index (χ1n) is 10.2. The van der Waals surface area contributed by atoms with E-state index in [4.69, 9.17) is 4.42 Å². The van der Waals surface area contributed by atoms with Gasteiger partial charge >= 0.3 is 0 Å². The van der Waals surface area contributed by atoms with Gasteiger partial charge in [0.2, 0.25) is 0 Å². The number of nitriles is 1. The predicted octanol–water partition coefficient (Wildman–Crippen LogP) is 7.85. The Labute approximate surface area is 190 Å². The first-order valence-corrected chi connectivity index (χ1v) is 11.8. The second-order valence-corrected chi connectivity index (χ2v) is 11.0. The van der Waals surface area contributed by atoms with E-state index in [-0.39, 0.29) is 5.41 Å². The molecule has 0 aliphatic heterocycles. The van der Waals surface area contributed by atoms with Crippen LogP contribution in [0.1, 0.15) is 54.5 Å². The fourth-order valence-electron chi connectivity index (χ4n) is 4.03. The van der Waals surface area contributed by atoms with Gasteiger partial charge in [0.05, 0.1) is 11.8 Å². The molecule has 0 amide bonds. The average molecular weight is 481 g/mol. The van der Waals surface area contributed by atoms with Crippen LogP contribution in [0.3, 0.4) is 0 Å². The van der Waals surface area contributed by atoms with Gasteiger partial charge in [-0.1, -0.05) is 42.8 Å². The Morgan fingerprint density at radius 2 is 2.07 bits per heavy atom. The van der Waals surface area contributed by atoms with Gasteiger partial charge in [-0.3, -0.25) is 0 Å². The second-order valence-electron chi connectivity index (χ2n) is 9.05. The van der Waals surface area contributed by atoms with Gasteiger partial charge in [-0.05, 0) is 72.9 Å². The molecule has 0 unspecified atom stereocenters. The summed E-state index contributed by atoms with van der Waals surface area (Å²) in [6.45, 7) is 8.98. The van der Waals surface area contributed by atoms with E-state index in [0.717, 1.165) is 45.6 Å². The molecular weight excluding hydrogens is 456 g/mol. The summed E-state index contributed by atoms with van der Waals surface area (Å²) in [4.78, 5) is 5.98. The Hall–Kier alpha value is -2.16. The Bertz CT molecular complexity index is 1160. The summed E-state index contributed by atoms with van der Waals surface area (Å²) < 4.78 is 7.00. The number of rotatable bonds is 3. The zero-order valence-electron chi connectivity index (χ0n) is 17.8. The molecule has 2 aromatic heterocycles. The number of aliphatic imine (C=N–C) groups is 1. The van der Waals surface area contributed by atoms with Gasteiger partial charge in [-0.2, -0.15) is 5.26 Å². The van der Waals surface area contributed by atoms with Crippen LogP contribution in [-0.2, 0) is 12.8 Å². The Morgan fingerprint density at radius 3 is 2.77 bits per heavy atom. The molecule has 0 N–H and O–H groups in total. The van der Waals surface area contributed by atoms with Crippen LogP contribution < -0.4 is 0 Å². The summed E-state index contributed by atoms with van der Waals surface area (Å²) >= 11 is 5.27. The van der Waals surface area contributed by atoms with E-state index in [2.05, 4.69) is 66.8 Å². The lowest BCUT2D eigenvalue weighted by Gasteiger charge is -2.33. The minimum Gasteiger partial charge on any atom is -0.455 e. The molecule has 1 atom stereocenters. The van der Waals surface area contributed by atoms with Gasteiger partial charge in [-0.15, -0.1) is 11.3 Å². The molecule has 3 nitrogen and oxygen atoms in total. The van der Waals surface area contributed by atoms with Crippen molar-refractivity contribution in [3.05, 3.63) is 62.1 Å². The van der Waals surface area contributed by atoms with Crippen molar-refractivity contribution in [3.63, 3.8) is 0 Å². The summed E-state index contributed by atoms with van der Waals surface area (Å²) in [7, 11) is 0. The molecule has 1 aromatic carbocycles. The van der Waals surface area contributed by atoms with Crippen LogP contribution >= 0.6 is 27.3 Å². The average Bonchev–Trinajstić information content (AvgIpc) is 3.29. The van der Waals surface area contributed by atoms with E-state index in [0.29, 0.717) is 11.7 Å². The lowest BCUT2D eigenvalue weighted by atomic mass is 9.72. The third-order valence-corrected chi connectivity index (χ3v) is 7.73. The van der Waals surface area contributed by atoms with Gasteiger partial charge in [0, 0.05) is 14.9 Å². The molecule has 0 spiro atoms. The predicted molar refractivity (Wildman–Crippen MR) is 128 cm³/mol. The van der Waals surface area contributed by atoms with Crippen molar-refractivity contribution in [2.75, 3.05) is 0 Å². The highest BCUT2D eigenvalue weighted by molar-refractivity contribution is 9.10. The zero-order chi connectivity index (χ0) is 21.5. The standard InChI is InChI=1S/C25H25BrN2OS/c1-15-5-8-19(21(26)11-15)22-10-7-17(29-22)14-28-24-20(13-27)18-9-6-16(25(2,3)4)12-23(18)30-24/h5,7-8,10-11,14,16H,6,9,12H2,1-4H3/t16-/m1/s1. The first kappa shape index (κ1) is 21.1. The molecule has 0 bridgehead atoms. The van der Waals surface area contributed by atoms with Crippen molar-refractivity contribution in [2.45, 2.75) is 47.0 Å². The molecule has 0 saturated carbocycles. The first-order chi connectivity index (χ1) is 14.3. The molecule has 5 heteroatoms. The molecule has 1 aliphatic rings. The zero-order valence-corrected chi connectivity index (χ0v) is 20.2. The summed E-state index contributed by atoms with van der Waals surface area (Å²) in [5, 5.41) is 10.5. The highest BCUT2D eigenvalue weighted by Gasteiger charge is 2.32. The quantitative estimate of drug-likeness (QED) is 0.358. The van der Waals surface area contributed by atoms with Crippen molar-refractivity contribution in [1.82, 2.24) is 0 Å². The van der Waals surface area contributed by atoms with Crippen LogP contribution in [0.15, 0.2) is 44.2 Å². The van der Waals surface area contributed by atoms with Crippen LogP contribution in [0.25, 0.3) is 11.3 Å². The molecule has 0 saturated heterocycles. The number of benzene rings is 1. The van der Waals surface area contributed by atoms with Crippen LogP contribution in [0.2, 0.25) is 0 Å². The van der Waals surface area contributed by atoms with Gasteiger partial charge < -0.3 is 4.42 Å². The molecule has 2 heterocycles. The molecule has 3 aromatic rings. The van der Waals surface area contributed by atoms with E-state index in [9.17, 15) is 5.26 Å². The number of fused-ring (bicyclic) bond motifs is 1.